The highest BCUT2D eigenvalue weighted by Gasteiger charge is 2.14. The summed E-state index contributed by atoms with van der Waals surface area (Å²) in [6.45, 7) is 0. The van der Waals surface area contributed by atoms with Crippen molar-refractivity contribution >= 4 is 34.6 Å². The number of carboxylic acids is 2. The van der Waals surface area contributed by atoms with E-state index in [9.17, 15) is 9.59 Å². The SMILES string of the molecule is NC(C(=O)O)c1cccs1.N[C@@H](Cc1cccs1)C(=O)O. The molecule has 8 heteroatoms. The number of thiophene rings is 2. The largest absolute Gasteiger partial charge is 0.480 e. The zero-order valence-corrected chi connectivity index (χ0v) is 12.6. The Bertz CT molecular complexity index is 555. The van der Waals surface area contributed by atoms with Gasteiger partial charge >= 0.3 is 11.9 Å². The van der Waals surface area contributed by atoms with Crippen LogP contribution >= 0.6 is 22.7 Å². The topological polar surface area (TPSA) is 127 Å². The van der Waals surface area contributed by atoms with Gasteiger partial charge < -0.3 is 21.7 Å². The van der Waals surface area contributed by atoms with Gasteiger partial charge in [0, 0.05) is 16.2 Å². The molecular weight excluding hydrogens is 312 g/mol. The van der Waals surface area contributed by atoms with Crippen LogP contribution in [0.15, 0.2) is 35.0 Å². The molecule has 2 heterocycles. The van der Waals surface area contributed by atoms with Gasteiger partial charge in [0.25, 0.3) is 0 Å². The Morgan fingerprint density at radius 3 is 2.10 bits per heavy atom. The van der Waals surface area contributed by atoms with E-state index in [1.807, 2.05) is 17.5 Å². The summed E-state index contributed by atoms with van der Waals surface area (Å²) in [5.41, 5.74) is 10.6. The van der Waals surface area contributed by atoms with Gasteiger partial charge in [0.05, 0.1) is 0 Å². The van der Waals surface area contributed by atoms with Crippen LogP contribution in [0.4, 0.5) is 0 Å². The van der Waals surface area contributed by atoms with Gasteiger partial charge in [0.15, 0.2) is 0 Å². The lowest BCUT2D eigenvalue weighted by molar-refractivity contribution is -0.139. The first-order valence-electron chi connectivity index (χ1n) is 5.94. The van der Waals surface area contributed by atoms with Crippen molar-refractivity contribution in [2.24, 2.45) is 11.5 Å². The van der Waals surface area contributed by atoms with Gasteiger partial charge in [-0.25, -0.2) is 0 Å². The molecular formula is C13H16N2O4S2. The Morgan fingerprint density at radius 1 is 1.05 bits per heavy atom. The van der Waals surface area contributed by atoms with E-state index in [2.05, 4.69) is 0 Å². The number of hydrogen-bond donors (Lipinski definition) is 4. The minimum absolute atomic E-state index is 0.424. The van der Waals surface area contributed by atoms with Gasteiger partial charge in [-0.2, -0.15) is 0 Å². The van der Waals surface area contributed by atoms with Crippen molar-refractivity contribution < 1.29 is 19.8 Å². The number of carbonyl (C=O) groups is 2. The summed E-state index contributed by atoms with van der Waals surface area (Å²) >= 11 is 2.88. The molecule has 0 spiro atoms. The van der Waals surface area contributed by atoms with E-state index in [0.29, 0.717) is 11.3 Å². The van der Waals surface area contributed by atoms with Gasteiger partial charge in [-0.1, -0.05) is 12.1 Å². The summed E-state index contributed by atoms with van der Waals surface area (Å²) < 4.78 is 0. The fourth-order valence-electron chi connectivity index (χ4n) is 1.32. The summed E-state index contributed by atoms with van der Waals surface area (Å²) in [5.74, 6) is -1.93. The second-order valence-corrected chi connectivity index (χ2v) is 6.07. The van der Waals surface area contributed by atoms with Crippen LogP contribution in [-0.2, 0) is 16.0 Å². The molecule has 2 atom stereocenters. The summed E-state index contributed by atoms with van der Waals surface area (Å²) in [6, 6.07) is 5.63. The third-order valence-corrected chi connectivity index (χ3v) is 4.29. The van der Waals surface area contributed by atoms with Gasteiger partial charge in [0.1, 0.15) is 12.1 Å². The normalized spacial score (nSPS) is 12.9. The maximum absolute atomic E-state index is 10.3. The third-order valence-electron chi connectivity index (χ3n) is 2.43. The van der Waals surface area contributed by atoms with E-state index in [-0.39, 0.29) is 0 Å². The highest BCUT2D eigenvalue weighted by Crippen LogP contribution is 2.16. The molecule has 2 aromatic rings. The Morgan fingerprint density at radius 2 is 1.67 bits per heavy atom. The van der Waals surface area contributed by atoms with Crippen LogP contribution in [0.5, 0.6) is 0 Å². The molecule has 6 N–H and O–H groups in total. The number of nitrogens with two attached hydrogens (primary N) is 2. The highest BCUT2D eigenvalue weighted by molar-refractivity contribution is 7.10. The van der Waals surface area contributed by atoms with Crippen molar-refractivity contribution in [2.75, 3.05) is 0 Å². The molecule has 21 heavy (non-hydrogen) atoms. The molecule has 6 nitrogen and oxygen atoms in total. The van der Waals surface area contributed by atoms with Crippen molar-refractivity contribution in [3.63, 3.8) is 0 Å². The fourth-order valence-corrected chi connectivity index (χ4v) is 2.81. The standard InChI is InChI=1S/C7H9NO2S.C6H7NO2S/c8-6(7(9)10)4-5-2-1-3-11-5;7-5(6(8)9)4-2-1-3-10-4/h1-3,6H,4,8H2,(H,9,10);1-3,5H,7H2,(H,8,9)/t6-;/m0./s1. The fraction of sp³-hybridized carbons (Fsp3) is 0.231. The molecule has 0 aliphatic heterocycles. The number of carboxylic acid groups (broad SMARTS) is 2. The van der Waals surface area contributed by atoms with Crippen molar-refractivity contribution in [1.82, 2.24) is 0 Å². The van der Waals surface area contributed by atoms with Crippen LogP contribution in [-0.4, -0.2) is 28.2 Å². The van der Waals surface area contributed by atoms with Crippen LogP contribution in [0.2, 0.25) is 0 Å². The molecule has 0 radical (unpaired) electrons. The second kappa shape index (κ2) is 8.53. The summed E-state index contributed by atoms with van der Waals surface area (Å²) in [4.78, 5) is 22.3. The molecule has 0 aromatic carbocycles. The number of aliphatic carboxylic acids is 2. The Balaban J connectivity index is 0.000000211. The van der Waals surface area contributed by atoms with Gasteiger partial charge in [-0.15, -0.1) is 22.7 Å². The molecule has 2 aromatic heterocycles. The predicted molar refractivity (Wildman–Crippen MR) is 82.5 cm³/mol. The molecule has 0 saturated heterocycles. The van der Waals surface area contributed by atoms with Crippen molar-refractivity contribution in [2.45, 2.75) is 18.5 Å². The molecule has 2 rings (SSSR count). The van der Waals surface area contributed by atoms with Crippen LogP contribution in [0, 0.1) is 0 Å². The first-order valence-corrected chi connectivity index (χ1v) is 7.70. The van der Waals surface area contributed by atoms with E-state index in [0.717, 1.165) is 4.88 Å². The quantitative estimate of drug-likeness (QED) is 0.659. The smallest absolute Gasteiger partial charge is 0.325 e. The molecule has 0 aliphatic carbocycles. The molecule has 0 bridgehead atoms. The van der Waals surface area contributed by atoms with Gasteiger partial charge in [-0.3, -0.25) is 9.59 Å². The first kappa shape index (κ1) is 17.3. The minimum Gasteiger partial charge on any atom is -0.480 e. The van der Waals surface area contributed by atoms with Crippen LogP contribution in [0.25, 0.3) is 0 Å². The lowest BCUT2D eigenvalue weighted by Gasteiger charge is -2.02. The zero-order chi connectivity index (χ0) is 15.8. The van der Waals surface area contributed by atoms with Crippen LogP contribution < -0.4 is 11.5 Å². The van der Waals surface area contributed by atoms with Gasteiger partial charge in [-0.05, 0) is 22.9 Å². The number of hydrogen-bond acceptors (Lipinski definition) is 6. The van der Waals surface area contributed by atoms with Crippen molar-refractivity contribution in [1.29, 1.82) is 0 Å². The minimum atomic E-state index is -0.984. The molecule has 114 valence electrons. The molecule has 0 amide bonds. The Hall–Kier alpha value is -1.74. The Kier molecular flexibility index (Phi) is 7.03. The average Bonchev–Trinajstić information content (AvgIpc) is 3.11. The van der Waals surface area contributed by atoms with E-state index >= 15 is 0 Å². The third kappa shape index (κ3) is 6.05. The van der Waals surface area contributed by atoms with E-state index in [4.69, 9.17) is 21.7 Å². The second-order valence-electron chi connectivity index (χ2n) is 4.06. The monoisotopic (exact) mass is 328 g/mol. The van der Waals surface area contributed by atoms with E-state index in [1.54, 1.807) is 17.5 Å². The summed E-state index contributed by atoms with van der Waals surface area (Å²) in [6.07, 6.45) is 0.424. The highest BCUT2D eigenvalue weighted by atomic mass is 32.1. The van der Waals surface area contributed by atoms with Crippen molar-refractivity contribution in [3.8, 4) is 0 Å². The van der Waals surface area contributed by atoms with E-state index < -0.39 is 24.0 Å². The van der Waals surface area contributed by atoms with Crippen LogP contribution in [0.3, 0.4) is 0 Å². The lowest BCUT2D eigenvalue weighted by Crippen LogP contribution is -2.31. The van der Waals surface area contributed by atoms with Crippen molar-refractivity contribution in [3.05, 3.63) is 44.8 Å². The average molecular weight is 328 g/mol. The maximum Gasteiger partial charge on any atom is 0.325 e. The summed E-state index contributed by atoms with van der Waals surface area (Å²) in [5, 5.41) is 20.6. The van der Waals surface area contributed by atoms with Gasteiger partial charge in [0.2, 0.25) is 0 Å². The van der Waals surface area contributed by atoms with Crippen LogP contribution in [0.1, 0.15) is 15.8 Å². The van der Waals surface area contributed by atoms with E-state index in [1.165, 1.54) is 22.7 Å². The predicted octanol–water partition coefficient (Wildman–Crippen LogP) is 1.53. The maximum atomic E-state index is 10.3. The number of rotatable bonds is 5. The zero-order valence-electron chi connectivity index (χ0n) is 11.0. The molecule has 1 unspecified atom stereocenters. The summed E-state index contributed by atoms with van der Waals surface area (Å²) in [7, 11) is 0. The molecule has 0 saturated carbocycles. The Labute approximate surface area is 129 Å². The lowest BCUT2D eigenvalue weighted by atomic mass is 10.2. The molecule has 0 aliphatic rings. The molecule has 0 fully saturated rings. The first-order chi connectivity index (χ1) is 9.91.